The van der Waals surface area contributed by atoms with Gasteiger partial charge in [0.25, 0.3) is 0 Å². The van der Waals surface area contributed by atoms with E-state index in [0.717, 1.165) is 61.9 Å². The smallest absolute Gasteiger partial charge is 0.228 e. The summed E-state index contributed by atoms with van der Waals surface area (Å²) < 4.78 is 2.19. The number of anilines is 3. The van der Waals surface area contributed by atoms with E-state index in [-0.39, 0.29) is 0 Å². The Morgan fingerprint density at radius 1 is 0.935 bits per heavy atom. The zero-order chi connectivity index (χ0) is 20.6. The molecule has 1 saturated carbocycles. The summed E-state index contributed by atoms with van der Waals surface area (Å²) in [6.45, 7) is 4.05. The van der Waals surface area contributed by atoms with Gasteiger partial charge in [-0.15, -0.1) is 0 Å². The van der Waals surface area contributed by atoms with Gasteiger partial charge in [0, 0.05) is 44.1 Å². The molecule has 2 aliphatic carbocycles. The average molecular weight is 417 g/mol. The summed E-state index contributed by atoms with van der Waals surface area (Å²) in [4.78, 5) is 16.3. The van der Waals surface area contributed by atoms with Gasteiger partial charge in [-0.1, -0.05) is 12.8 Å². The Morgan fingerprint density at radius 2 is 1.77 bits per heavy atom. The summed E-state index contributed by atoms with van der Waals surface area (Å²) >= 11 is 0. The molecule has 0 bridgehead atoms. The van der Waals surface area contributed by atoms with Crippen LogP contribution in [0, 0.1) is 0 Å². The second-order valence-corrected chi connectivity index (χ2v) is 8.75. The molecule has 0 spiro atoms. The number of fused-ring (bicyclic) bond motifs is 3. The molecule has 31 heavy (non-hydrogen) atoms. The van der Waals surface area contributed by atoms with Crippen LogP contribution in [-0.4, -0.2) is 50.9 Å². The SMILES string of the molecule is c1cc(Nc2ncc3c(n2)-c2nn(C4CCCC4)cc2CC3)ncc1N1CCNCC1. The van der Waals surface area contributed by atoms with Gasteiger partial charge in [-0.3, -0.25) is 4.68 Å². The number of hydrogen-bond acceptors (Lipinski definition) is 7. The minimum atomic E-state index is 0.548. The van der Waals surface area contributed by atoms with Crippen molar-refractivity contribution in [1.82, 2.24) is 30.0 Å². The van der Waals surface area contributed by atoms with Crippen molar-refractivity contribution in [2.45, 2.75) is 44.6 Å². The van der Waals surface area contributed by atoms with Crippen LogP contribution in [0.15, 0.2) is 30.7 Å². The summed E-state index contributed by atoms with van der Waals surface area (Å²) in [7, 11) is 0. The first kappa shape index (κ1) is 18.7. The largest absolute Gasteiger partial charge is 0.368 e. The van der Waals surface area contributed by atoms with Crippen molar-refractivity contribution in [3.63, 3.8) is 0 Å². The third-order valence-corrected chi connectivity index (χ3v) is 6.73. The van der Waals surface area contributed by atoms with Gasteiger partial charge in [0.1, 0.15) is 11.5 Å². The number of nitrogens with zero attached hydrogens (tertiary/aromatic N) is 6. The summed E-state index contributed by atoms with van der Waals surface area (Å²) in [6, 6.07) is 4.66. The molecule has 4 heterocycles. The van der Waals surface area contributed by atoms with Crippen molar-refractivity contribution in [3.05, 3.63) is 41.9 Å². The molecule has 160 valence electrons. The van der Waals surface area contributed by atoms with Crippen molar-refractivity contribution in [1.29, 1.82) is 0 Å². The van der Waals surface area contributed by atoms with E-state index in [2.05, 4.69) is 42.4 Å². The summed E-state index contributed by atoms with van der Waals surface area (Å²) in [6.07, 6.45) is 13.2. The van der Waals surface area contributed by atoms with E-state index in [4.69, 9.17) is 10.1 Å². The molecule has 8 nitrogen and oxygen atoms in total. The lowest BCUT2D eigenvalue weighted by molar-refractivity contribution is 0.467. The summed E-state index contributed by atoms with van der Waals surface area (Å²) in [5.74, 6) is 1.33. The van der Waals surface area contributed by atoms with Gasteiger partial charge in [-0.05, 0) is 43.4 Å². The maximum absolute atomic E-state index is 4.96. The predicted octanol–water partition coefficient (Wildman–Crippen LogP) is 3.10. The molecule has 2 fully saturated rings. The lowest BCUT2D eigenvalue weighted by atomic mass is 9.96. The van der Waals surface area contributed by atoms with E-state index < -0.39 is 0 Å². The fourth-order valence-corrected chi connectivity index (χ4v) is 4.98. The Kier molecular flexibility index (Phi) is 4.79. The van der Waals surface area contributed by atoms with E-state index in [1.165, 1.54) is 36.8 Å². The highest BCUT2D eigenvalue weighted by molar-refractivity contribution is 5.67. The molecule has 0 atom stereocenters. The van der Waals surface area contributed by atoms with E-state index in [0.29, 0.717) is 12.0 Å². The Hall–Kier alpha value is -3.00. The summed E-state index contributed by atoms with van der Waals surface area (Å²) in [5.41, 5.74) is 5.63. The topological polar surface area (TPSA) is 83.8 Å². The molecule has 1 saturated heterocycles. The number of rotatable bonds is 4. The van der Waals surface area contributed by atoms with Gasteiger partial charge >= 0.3 is 0 Å². The molecule has 3 aromatic rings. The molecule has 0 radical (unpaired) electrons. The maximum Gasteiger partial charge on any atom is 0.228 e. The van der Waals surface area contributed by atoms with Gasteiger partial charge < -0.3 is 15.5 Å². The second kappa shape index (κ2) is 7.92. The van der Waals surface area contributed by atoms with E-state index in [9.17, 15) is 0 Å². The Balaban J connectivity index is 1.23. The third kappa shape index (κ3) is 3.65. The van der Waals surface area contributed by atoms with Gasteiger partial charge in [0.2, 0.25) is 5.95 Å². The van der Waals surface area contributed by atoms with E-state index in [1.807, 2.05) is 18.5 Å². The van der Waals surface area contributed by atoms with Crippen LogP contribution in [0.3, 0.4) is 0 Å². The highest BCUT2D eigenvalue weighted by Crippen LogP contribution is 2.35. The number of nitrogens with one attached hydrogen (secondary N) is 2. The Labute approximate surface area is 182 Å². The monoisotopic (exact) mass is 416 g/mol. The molecule has 3 aliphatic rings. The van der Waals surface area contributed by atoms with Crippen LogP contribution in [0.5, 0.6) is 0 Å². The minimum absolute atomic E-state index is 0.548. The number of aromatic nitrogens is 5. The molecule has 3 aromatic heterocycles. The first-order valence-electron chi connectivity index (χ1n) is 11.5. The fraction of sp³-hybridized carbons (Fsp3) is 0.478. The molecule has 0 amide bonds. The number of piperazine rings is 1. The van der Waals surface area contributed by atoms with Gasteiger partial charge in [-0.2, -0.15) is 5.10 Å². The van der Waals surface area contributed by atoms with Crippen LogP contribution >= 0.6 is 0 Å². The van der Waals surface area contributed by atoms with Crippen LogP contribution < -0.4 is 15.5 Å². The molecule has 2 N–H and O–H groups in total. The van der Waals surface area contributed by atoms with Crippen molar-refractivity contribution in [2.75, 3.05) is 36.4 Å². The molecule has 6 rings (SSSR count). The second-order valence-electron chi connectivity index (χ2n) is 8.75. The third-order valence-electron chi connectivity index (χ3n) is 6.73. The van der Waals surface area contributed by atoms with Crippen LogP contribution in [0.4, 0.5) is 17.5 Å². The molecule has 0 unspecified atom stereocenters. The van der Waals surface area contributed by atoms with Crippen LogP contribution in [0.2, 0.25) is 0 Å². The standard InChI is InChI=1S/C23H28N8/c1-2-4-18(3-1)31-15-17-6-5-16-13-26-23(28-21(16)22(17)29-31)27-20-8-7-19(14-25-20)30-11-9-24-10-12-30/h7-8,13-15,18,24H,1-6,9-12H2,(H,25,26,27,28). The van der Waals surface area contributed by atoms with Crippen molar-refractivity contribution in [2.24, 2.45) is 0 Å². The highest BCUT2D eigenvalue weighted by atomic mass is 15.3. The number of hydrogen-bond donors (Lipinski definition) is 2. The Morgan fingerprint density at radius 3 is 2.58 bits per heavy atom. The van der Waals surface area contributed by atoms with Crippen molar-refractivity contribution >= 4 is 17.5 Å². The van der Waals surface area contributed by atoms with Crippen LogP contribution in [-0.2, 0) is 12.8 Å². The van der Waals surface area contributed by atoms with Crippen molar-refractivity contribution in [3.8, 4) is 11.4 Å². The minimum Gasteiger partial charge on any atom is -0.368 e. The van der Waals surface area contributed by atoms with Crippen LogP contribution in [0.1, 0.15) is 42.9 Å². The normalized spacial score (nSPS) is 18.6. The predicted molar refractivity (Wildman–Crippen MR) is 121 cm³/mol. The van der Waals surface area contributed by atoms with Gasteiger partial charge in [0.15, 0.2) is 0 Å². The first-order chi connectivity index (χ1) is 15.3. The van der Waals surface area contributed by atoms with E-state index in [1.54, 1.807) is 0 Å². The van der Waals surface area contributed by atoms with Crippen molar-refractivity contribution < 1.29 is 0 Å². The maximum atomic E-state index is 4.96. The lowest BCUT2D eigenvalue weighted by Gasteiger charge is -2.29. The zero-order valence-corrected chi connectivity index (χ0v) is 17.7. The summed E-state index contributed by atoms with van der Waals surface area (Å²) in [5, 5.41) is 11.6. The quantitative estimate of drug-likeness (QED) is 0.676. The van der Waals surface area contributed by atoms with Gasteiger partial charge in [0.05, 0.1) is 23.6 Å². The first-order valence-corrected chi connectivity index (χ1v) is 11.5. The highest BCUT2D eigenvalue weighted by Gasteiger charge is 2.25. The Bertz CT molecular complexity index is 1060. The molecule has 1 aliphatic heterocycles. The van der Waals surface area contributed by atoms with Crippen LogP contribution in [0.25, 0.3) is 11.4 Å². The average Bonchev–Trinajstić information content (AvgIpc) is 3.50. The fourth-order valence-electron chi connectivity index (χ4n) is 4.98. The van der Waals surface area contributed by atoms with E-state index >= 15 is 0 Å². The molecular formula is C23H28N8. The molecular weight excluding hydrogens is 388 g/mol. The molecule has 0 aromatic carbocycles. The zero-order valence-electron chi connectivity index (χ0n) is 17.7. The number of pyridine rings is 1. The van der Waals surface area contributed by atoms with Gasteiger partial charge in [-0.25, -0.2) is 15.0 Å². The lowest BCUT2D eigenvalue weighted by Crippen LogP contribution is -2.43. The molecule has 8 heteroatoms. The number of aryl methyl sites for hydroxylation is 2.